The molecule has 1 aliphatic rings. The van der Waals surface area contributed by atoms with Crippen LogP contribution in [0, 0.1) is 11.3 Å². The van der Waals surface area contributed by atoms with Gasteiger partial charge in [-0.25, -0.2) is 0 Å². The highest BCUT2D eigenvalue weighted by Gasteiger charge is 2.26. The van der Waals surface area contributed by atoms with Gasteiger partial charge in [0.25, 0.3) is 5.91 Å². The van der Waals surface area contributed by atoms with E-state index in [1.54, 1.807) is 11.0 Å². The van der Waals surface area contributed by atoms with Crippen molar-refractivity contribution in [3.8, 4) is 6.07 Å². The Morgan fingerprint density at radius 2 is 2.19 bits per heavy atom. The summed E-state index contributed by atoms with van der Waals surface area (Å²) in [5.41, 5.74) is 0.637. The number of hydrogen-bond acceptors (Lipinski definition) is 4. The molecule has 0 spiro atoms. The van der Waals surface area contributed by atoms with Crippen LogP contribution in [0.5, 0.6) is 0 Å². The van der Waals surface area contributed by atoms with Crippen LogP contribution in [0.25, 0.3) is 0 Å². The number of nitriles is 1. The number of amides is 1. The summed E-state index contributed by atoms with van der Waals surface area (Å²) in [5, 5.41) is 18.3. The van der Waals surface area contributed by atoms with E-state index in [9.17, 15) is 9.90 Å². The monoisotopic (exact) mass is 304 g/mol. The van der Waals surface area contributed by atoms with Crippen LogP contribution in [0.1, 0.15) is 36.0 Å². The Labute approximate surface area is 129 Å². The summed E-state index contributed by atoms with van der Waals surface area (Å²) in [7, 11) is 0. The van der Waals surface area contributed by atoms with E-state index < -0.39 is 0 Å². The number of hydrogen-bond donors (Lipinski definition) is 1. The number of carbonyl (C=O) groups is 1. The Kier molecular flexibility index (Phi) is 6.09. The molecule has 1 atom stereocenters. The maximum absolute atomic E-state index is 12.8. The van der Waals surface area contributed by atoms with Crippen LogP contribution in [0.2, 0.25) is 0 Å². The van der Waals surface area contributed by atoms with Crippen LogP contribution in [-0.4, -0.2) is 40.9 Å². The fourth-order valence-corrected chi connectivity index (χ4v) is 3.37. The van der Waals surface area contributed by atoms with Gasteiger partial charge in [-0.05, 0) is 25.0 Å². The molecule has 5 heteroatoms. The van der Waals surface area contributed by atoms with Gasteiger partial charge >= 0.3 is 0 Å². The number of rotatable bonds is 4. The Balaban J connectivity index is 2.23. The average molecular weight is 304 g/mol. The molecule has 1 fully saturated rings. The van der Waals surface area contributed by atoms with Gasteiger partial charge in [-0.1, -0.05) is 25.0 Å². The van der Waals surface area contributed by atoms with Crippen molar-refractivity contribution in [2.24, 2.45) is 0 Å². The van der Waals surface area contributed by atoms with E-state index in [4.69, 9.17) is 5.26 Å². The van der Waals surface area contributed by atoms with E-state index in [-0.39, 0.29) is 18.6 Å². The minimum Gasteiger partial charge on any atom is -0.394 e. The van der Waals surface area contributed by atoms with Crippen LogP contribution < -0.4 is 0 Å². The molecular weight excluding hydrogens is 284 g/mol. The quantitative estimate of drug-likeness (QED) is 0.869. The molecule has 4 nitrogen and oxygen atoms in total. The van der Waals surface area contributed by atoms with Crippen LogP contribution in [0.3, 0.4) is 0 Å². The molecule has 1 unspecified atom stereocenters. The van der Waals surface area contributed by atoms with E-state index in [1.165, 1.54) is 11.8 Å². The molecule has 0 radical (unpaired) electrons. The predicted molar refractivity (Wildman–Crippen MR) is 83.2 cm³/mol. The van der Waals surface area contributed by atoms with Gasteiger partial charge in [0.15, 0.2) is 0 Å². The van der Waals surface area contributed by atoms with Crippen molar-refractivity contribution in [2.75, 3.05) is 18.9 Å². The third-order valence-corrected chi connectivity index (χ3v) is 4.70. The molecule has 1 N–H and O–H groups in total. The predicted octanol–water partition coefficient (Wildman–Crippen LogP) is 2.68. The normalized spacial score (nSPS) is 18.9. The first-order valence-corrected chi connectivity index (χ1v) is 8.27. The number of thioether (sulfide) groups is 1. The van der Waals surface area contributed by atoms with Crippen molar-refractivity contribution in [2.45, 2.75) is 36.6 Å². The molecule has 1 amide bonds. The van der Waals surface area contributed by atoms with Crippen LogP contribution in [-0.2, 0) is 0 Å². The standard InChI is InChI=1S/C16H20N2O2S/c17-9-11-21-15-8-4-3-7-14(15)16(20)18-10-5-1-2-6-13(18)12-19/h3-4,7-8,13,19H,1-2,5-6,10-12H2. The third kappa shape index (κ3) is 3.99. The molecule has 0 bridgehead atoms. The summed E-state index contributed by atoms with van der Waals surface area (Å²) in [6.45, 7) is 0.709. The lowest BCUT2D eigenvalue weighted by Gasteiger charge is -2.29. The zero-order chi connectivity index (χ0) is 15.1. The van der Waals surface area contributed by atoms with Crippen molar-refractivity contribution in [3.63, 3.8) is 0 Å². The van der Waals surface area contributed by atoms with Crippen molar-refractivity contribution in [3.05, 3.63) is 29.8 Å². The summed E-state index contributed by atoms with van der Waals surface area (Å²) in [6.07, 6.45) is 4.00. The maximum Gasteiger partial charge on any atom is 0.255 e. The molecule has 112 valence electrons. The lowest BCUT2D eigenvalue weighted by atomic mass is 10.1. The van der Waals surface area contributed by atoms with Crippen molar-refractivity contribution in [1.29, 1.82) is 5.26 Å². The summed E-state index contributed by atoms with van der Waals surface area (Å²) in [4.78, 5) is 15.5. The maximum atomic E-state index is 12.8. The highest BCUT2D eigenvalue weighted by molar-refractivity contribution is 7.99. The minimum absolute atomic E-state index is 0.0131. The fourth-order valence-electron chi connectivity index (χ4n) is 2.67. The molecule has 1 aliphatic heterocycles. The van der Waals surface area contributed by atoms with Gasteiger partial charge in [0.05, 0.1) is 30.0 Å². The molecule has 1 aromatic carbocycles. The van der Waals surface area contributed by atoms with Crippen LogP contribution in [0.15, 0.2) is 29.2 Å². The molecule has 0 aromatic heterocycles. The second kappa shape index (κ2) is 8.06. The first kappa shape index (κ1) is 15.9. The molecule has 0 saturated carbocycles. The second-order valence-corrected chi connectivity index (χ2v) is 6.14. The highest BCUT2D eigenvalue weighted by Crippen LogP contribution is 2.26. The highest BCUT2D eigenvalue weighted by atomic mass is 32.2. The van der Waals surface area contributed by atoms with Gasteiger partial charge in [-0.3, -0.25) is 4.79 Å². The molecule has 21 heavy (non-hydrogen) atoms. The van der Waals surface area contributed by atoms with E-state index in [1.807, 2.05) is 18.2 Å². The summed E-state index contributed by atoms with van der Waals surface area (Å²) in [6, 6.07) is 9.40. The molecule has 0 aliphatic carbocycles. The largest absolute Gasteiger partial charge is 0.394 e. The van der Waals surface area contributed by atoms with Gasteiger partial charge < -0.3 is 10.0 Å². The first-order chi connectivity index (χ1) is 10.3. The summed E-state index contributed by atoms with van der Waals surface area (Å²) >= 11 is 1.38. The van der Waals surface area contributed by atoms with Crippen molar-refractivity contribution < 1.29 is 9.90 Å². The topological polar surface area (TPSA) is 64.3 Å². The van der Waals surface area contributed by atoms with Crippen LogP contribution in [0.4, 0.5) is 0 Å². The Morgan fingerprint density at radius 3 is 2.95 bits per heavy atom. The number of aliphatic hydroxyl groups excluding tert-OH is 1. The third-order valence-electron chi connectivity index (χ3n) is 3.76. The molecule has 1 saturated heterocycles. The summed E-state index contributed by atoms with van der Waals surface area (Å²) < 4.78 is 0. The molecule has 1 aromatic rings. The van der Waals surface area contributed by atoms with Crippen molar-refractivity contribution >= 4 is 17.7 Å². The van der Waals surface area contributed by atoms with Crippen LogP contribution >= 0.6 is 11.8 Å². The smallest absolute Gasteiger partial charge is 0.255 e. The number of likely N-dealkylation sites (tertiary alicyclic amines) is 1. The second-order valence-electron chi connectivity index (χ2n) is 5.13. The molecule has 2 rings (SSSR count). The fraction of sp³-hybridized carbons (Fsp3) is 0.500. The molecule has 1 heterocycles. The SMILES string of the molecule is N#CCSc1ccccc1C(=O)N1CCCCCC1CO. The van der Waals surface area contributed by atoms with Gasteiger partial charge in [-0.15, -0.1) is 11.8 Å². The minimum atomic E-state index is -0.0889. The lowest BCUT2D eigenvalue weighted by molar-refractivity contribution is 0.0596. The van der Waals surface area contributed by atoms with E-state index in [0.29, 0.717) is 17.9 Å². The van der Waals surface area contributed by atoms with Gasteiger partial charge in [0, 0.05) is 11.4 Å². The first-order valence-electron chi connectivity index (χ1n) is 7.28. The number of nitrogens with zero attached hydrogens (tertiary/aromatic N) is 2. The number of aliphatic hydroxyl groups is 1. The number of benzene rings is 1. The van der Waals surface area contributed by atoms with E-state index in [2.05, 4.69) is 6.07 Å². The Bertz CT molecular complexity index is 527. The van der Waals surface area contributed by atoms with Gasteiger partial charge in [0.1, 0.15) is 0 Å². The van der Waals surface area contributed by atoms with E-state index in [0.717, 1.165) is 30.6 Å². The number of carbonyl (C=O) groups excluding carboxylic acids is 1. The summed E-state index contributed by atoms with van der Waals surface area (Å²) in [5.74, 6) is 0.297. The Morgan fingerprint density at radius 1 is 1.38 bits per heavy atom. The lowest BCUT2D eigenvalue weighted by Crippen LogP contribution is -2.42. The van der Waals surface area contributed by atoms with Gasteiger partial charge in [-0.2, -0.15) is 5.26 Å². The Hall–Kier alpha value is -1.51. The zero-order valence-corrected chi connectivity index (χ0v) is 12.8. The average Bonchev–Trinajstić information content (AvgIpc) is 2.77. The van der Waals surface area contributed by atoms with Crippen molar-refractivity contribution in [1.82, 2.24) is 4.90 Å². The van der Waals surface area contributed by atoms with E-state index >= 15 is 0 Å². The zero-order valence-electron chi connectivity index (χ0n) is 12.0. The molecular formula is C16H20N2O2S. The van der Waals surface area contributed by atoms with Gasteiger partial charge in [0.2, 0.25) is 0 Å².